The largest absolute Gasteiger partial charge is 0.383 e. The minimum atomic E-state index is 0.535. The number of nitrogens with zero attached hydrogens (tertiary/aromatic N) is 1. The fraction of sp³-hybridized carbons (Fsp3) is 0.400. The summed E-state index contributed by atoms with van der Waals surface area (Å²) in [4.78, 5) is 3.81. The van der Waals surface area contributed by atoms with E-state index in [-0.39, 0.29) is 0 Å². The first-order valence-electron chi connectivity index (χ1n) is 2.29. The van der Waals surface area contributed by atoms with Crippen molar-refractivity contribution in [3.8, 4) is 0 Å². The van der Waals surface area contributed by atoms with Gasteiger partial charge in [0.2, 0.25) is 0 Å². The van der Waals surface area contributed by atoms with Gasteiger partial charge in [-0.2, -0.15) is 0 Å². The van der Waals surface area contributed by atoms with E-state index in [0.717, 1.165) is 4.48 Å². The van der Waals surface area contributed by atoms with Crippen LogP contribution in [0.4, 0.5) is 0 Å². The third kappa shape index (κ3) is 2.80. The van der Waals surface area contributed by atoms with Crippen molar-refractivity contribution in [2.24, 2.45) is 10.7 Å². The summed E-state index contributed by atoms with van der Waals surface area (Å²) in [5, 5.41) is 0. The fourth-order valence-corrected chi connectivity index (χ4v) is 0.330. The monoisotopic (exact) mass is 176 g/mol. The van der Waals surface area contributed by atoms with Gasteiger partial charge in [0.15, 0.2) is 0 Å². The summed E-state index contributed by atoms with van der Waals surface area (Å²) >= 11 is 3.18. The van der Waals surface area contributed by atoms with E-state index in [2.05, 4.69) is 20.9 Å². The molecule has 0 aromatic heterocycles. The molecular weight excluding hydrogens is 168 g/mol. The highest BCUT2D eigenvalue weighted by Crippen LogP contribution is 2.05. The summed E-state index contributed by atoms with van der Waals surface area (Å²) in [6, 6.07) is 0. The molecule has 0 unspecified atom stereocenters. The zero-order valence-electron chi connectivity index (χ0n) is 4.98. The number of hydrogen-bond acceptors (Lipinski definition) is 2. The molecule has 0 aliphatic heterocycles. The Morgan fingerprint density at radius 2 is 2.25 bits per heavy atom. The molecule has 0 radical (unpaired) electrons. The lowest BCUT2D eigenvalue weighted by Crippen LogP contribution is -1.93. The van der Waals surface area contributed by atoms with Crippen LogP contribution in [0.3, 0.4) is 0 Å². The lowest BCUT2D eigenvalue weighted by atomic mass is 10.6. The van der Waals surface area contributed by atoms with Crippen LogP contribution in [0.5, 0.6) is 0 Å². The van der Waals surface area contributed by atoms with Gasteiger partial charge >= 0.3 is 0 Å². The second-order valence-corrected chi connectivity index (χ2v) is 2.50. The second-order valence-electron chi connectivity index (χ2n) is 1.31. The molecule has 0 aliphatic carbocycles. The van der Waals surface area contributed by atoms with Gasteiger partial charge in [-0.15, -0.1) is 0 Å². The van der Waals surface area contributed by atoms with Crippen LogP contribution in [0.2, 0.25) is 0 Å². The van der Waals surface area contributed by atoms with E-state index in [1.807, 2.05) is 13.8 Å². The van der Waals surface area contributed by atoms with Crippen LogP contribution in [-0.2, 0) is 0 Å². The standard InChI is InChI=1S/C5H9BrN2/c1-3-8-5(7)4(2)6/h3H,7H2,1-2H3/b5-4+,8-3-. The molecule has 3 heteroatoms. The molecule has 0 atom stereocenters. The Balaban J connectivity index is 4.00. The fourth-order valence-electron chi connectivity index (χ4n) is 0.228. The quantitative estimate of drug-likeness (QED) is 0.607. The summed E-state index contributed by atoms with van der Waals surface area (Å²) in [7, 11) is 0. The van der Waals surface area contributed by atoms with Gasteiger partial charge in [0.1, 0.15) is 5.82 Å². The van der Waals surface area contributed by atoms with Crippen molar-refractivity contribution >= 4 is 22.1 Å². The molecule has 0 amide bonds. The molecule has 0 heterocycles. The van der Waals surface area contributed by atoms with Crippen molar-refractivity contribution in [1.82, 2.24) is 0 Å². The minimum absolute atomic E-state index is 0.535. The molecule has 0 rings (SSSR count). The maximum atomic E-state index is 5.36. The molecule has 0 aliphatic rings. The summed E-state index contributed by atoms with van der Waals surface area (Å²) in [5.74, 6) is 0.535. The number of hydrogen-bond donors (Lipinski definition) is 1. The Morgan fingerprint density at radius 3 is 2.38 bits per heavy atom. The number of allylic oxidation sites excluding steroid dienone is 1. The zero-order valence-corrected chi connectivity index (χ0v) is 6.57. The zero-order chi connectivity index (χ0) is 6.57. The smallest absolute Gasteiger partial charge is 0.132 e. The molecular formula is C5H9BrN2. The van der Waals surface area contributed by atoms with Gasteiger partial charge in [0.05, 0.1) is 0 Å². The van der Waals surface area contributed by atoms with Crippen molar-refractivity contribution in [2.75, 3.05) is 0 Å². The molecule has 0 fully saturated rings. The van der Waals surface area contributed by atoms with Crippen molar-refractivity contribution in [1.29, 1.82) is 0 Å². The molecule has 0 bridgehead atoms. The molecule has 2 nitrogen and oxygen atoms in total. The van der Waals surface area contributed by atoms with Crippen molar-refractivity contribution in [2.45, 2.75) is 13.8 Å². The highest BCUT2D eigenvalue weighted by molar-refractivity contribution is 9.11. The highest BCUT2D eigenvalue weighted by Gasteiger charge is 1.84. The molecule has 0 spiro atoms. The molecule has 2 N–H and O–H groups in total. The van der Waals surface area contributed by atoms with Crippen LogP contribution in [0.15, 0.2) is 15.3 Å². The molecule has 0 aromatic rings. The molecule has 8 heavy (non-hydrogen) atoms. The normalized spacial score (nSPS) is 14.4. The molecule has 46 valence electrons. The van der Waals surface area contributed by atoms with Crippen molar-refractivity contribution in [3.63, 3.8) is 0 Å². The number of halogens is 1. The average molecular weight is 177 g/mol. The Labute approximate surface area is 57.6 Å². The minimum Gasteiger partial charge on any atom is -0.383 e. The van der Waals surface area contributed by atoms with E-state index in [1.54, 1.807) is 6.21 Å². The first kappa shape index (κ1) is 7.69. The first-order valence-corrected chi connectivity index (χ1v) is 3.08. The number of nitrogens with two attached hydrogens (primary N) is 1. The Bertz CT molecular complexity index is 122. The number of aliphatic imine (C=N–C) groups is 1. The van der Waals surface area contributed by atoms with E-state index in [4.69, 9.17) is 5.73 Å². The van der Waals surface area contributed by atoms with Gasteiger partial charge in [-0.25, -0.2) is 4.99 Å². The van der Waals surface area contributed by atoms with Gasteiger partial charge in [-0.05, 0) is 13.8 Å². The summed E-state index contributed by atoms with van der Waals surface area (Å²) in [6.07, 6.45) is 1.65. The van der Waals surface area contributed by atoms with Crippen LogP contribution in [0, 0.1) is 0 Å². The van der Waals surface area contributed by atoms with Crippen molar-refractivity contribution < 1.29 is 0 Å². The van der Waals surface area contributed by atoms with E-state index in [0.29, 0.717) is 5.82 Å². The predicted molar refractivity (Wildman–Crippen MR) is 40.0 cm³/mol. The van der Waals surface area contributed by atoms with Crippen LogP contribution >= 0.6 is 15.9 Å². The van der Waals surface area contributed by atoms with Crippen molar-refractivity contribution in [3.05, 3.63) is 10.3 Å². The third-order valence-electron chi connectivity index (χ3n) is 0.621. The SMILES string of the molecule is C/C=N\C(N)=C(/C)Br. The maximum absolute atomic E-state index is 5.36. The summed E-state index contributed by atoms with van der Waals surface area (Å²) in [5.41, 5.74) is 5.36. The molecule has 0 saturated heterocycles. The van der Waals surface area contributed by atoms with Crippen LogP contribution in [0.25, 0.3) is 0 Å². The summed E-state index contributed by atoms with van der Waals surface area (Å²) < 4.78 is 0.871. The topological polar surface area (TPSA) is 38.4 Å². The summed E-state index contributed by atoms with van der Waals surface area (Å²) in [6.45, 7) is 3.67. The van der Waals surface area contributed by atoms with E-state index < -0.39 is 0 Å². The van der Waals surface area contributed by atoms with Gasteiger partial charge in [0, 0.05) is 10.7 Å². The Kier molecular flexibility index (Phi) is 3.52. The van der Waals surface area contributed by atoms with E-state index >= 15 is 0 Å². The lowest BCUT2D eigenvalue weighted by Gasteiger charge is -1.89. The van der Waals surface area contributed by atoms with Crippen LogP contribution in [-0.4, -0.2) is 6.21 Å². The highest BCUT2D eigenvalue weighted by atomic mass is 79.9. The predicted octanol–water partition coefficient (Wildman–Crippen LogP) is 1.62. The Morgan fingerprint density at radius 1 is 1.75 bits per heavy atom. The molecule has 0 aromatic carbocycles. The first-order chi connectivity index (χ1) is 3.68. The Hall–Kier alpha value is -0.310. The van der Waals surface area contributed by atoms with Gasteiger partial charge in [-0.3, -0.25) is 0 Å². The average Bonchev–Trinajstić information content (AvgIpc) is 1.67. The molecule has 0 saturated carbocycles. The van der Waals surface area contributed by atoms with Gasteiger partial charge in [-0.1, -0.05) is 15.9 Å². The van der Waals surface area contributed by atoms with Crippen LogP contribution in [0.1, 0.15) is 13.8 Å². The second kappa shape index (κ2) is 3.66. The van der Waals surface area contributed by atoms with Gasteiger partial charge < -0.3 is 5.73 Å². The maximum Gasteiger partial charge on any atom is 0.132 e. The van der Waals surface area contributed by atoms with Gasteiger partial charge in [0.25, 0.3) is 0 Å². The third-order valence-corrected chi connectivity index (χ3v) is 1.03. The van der Waals surface area contributed by atoms with E-state index in [1.165, 1.54) is 0 Å². The van der Waals surface area contributed by atoms with E-state index in [9.17, 15) is 0 Å². The van der Waals surface area contributed by atoms with Crippen LogP contribution < -0.4 is 5.73 Å². The lowest BCUT2D eigenvalue weighted by molar-refractivity contribution is 1.22. The number of rotatable bonds is 1.